The number of hydrogen-bond acceptors (Lipinski definition) is 5. The van der Waals surface area contributed by atoms with Crippen LogP contribution in [0, 0.1) is 5.92 Å². The van der Waals surface area contributed by atoms with Crippen molar-refractivity contribution in [3.8, 4) is 0 Å². The van der Waals surface area contributed by atoms with E-state index < -0.39 is 10.0 Å². The first kappa shape index (κ1) is 16.8. The van der Waals surface area contributed by atoms with E-state index in [1.165, 1.54) is 12.4 Å². The molecule has 0 aliphatic heterocycles. The van der Waals surface area contributed by atoms with Gasteiger partial charge >= 0.3 is 0 Å². The van der Waals surface area contributed by atoms with Crippen LogP contribution in [0.3, 0.4) is 0 Å². The summed E-state index contributed by atoms with van der Waals surface area (Å²) in [4.78, 5) is 8.04. The van der Waals surface area contributed by atoms with Crippen LogP contribution < -0.4 is 10.0 Å². The number of sulfonamides is 1. The molecule has 2 N–H and O–H groups in total. The van der Waals surface area contributed by atoms with Gasteiger partial charge in [0.15, 0.2) is 0 Å². The molecule has 7 heteroatoms. The third kappa shape index (κ3) is 5.42. The summed E-state index contributed by atoms with van der Waals surface area (Å²) in [7, 11) is -3.54. The molecular formula is C13H24N4O2S. The van der Waals surface area contributed by atoms with Crippen molar-refractivity contribution in [1.82, 2.24) is 14.7 Å². The number of hydrogen-bond donors (Lipinski definition) is 2. The number of nitrogens with one attached hydrogen (secondary N) is 2. The van der Waals surface area contributed by atoms with Crippen LogP contribution in [-0.4, -0.2) is 31.0 Å². The Hall–Kier alpha value is -1.21. The summed E-state index contributed by atoms with van der Waals surface area (Å²) in [6, 6.07) is -0.101. The lowest BCUT2D eigenvalue weighted by molar-refractivity contribution is 0.485. The molecule has 1 heterocycles. The Bertz CT molecular complexity index is 500. The first-order chi connectivity index (χ1) is 9.35. The standard InChI is InChI=1S/C13H24N4O2S/c1-5-14-13-15-8-12(9-16-13)20(18,19)17-11(4)7-6-10(2)3/h8-11,17H,5-7H2,1-4H3,(H,14,15,16). The highest BCUT2D eigenvalue weighted by molar-refractivity contribution is 7.89. The molecule has 0 radical (unpaired) electrons. The van der Waals surface area contributed by atoms with Crippen LogP contribution in [0.1, 0.15) is 40.5 Å². The van der Waals surface area contributed by atoms with Crippen molar-refractivity contribution in [3.63, 3.8) is 0 Å². The molecule has 1 atom stereocenters. The van der Waals surface area contributed by atoms with Crippen LogP contribution >= 0.6 is 0 Å². The smallest absolute Gasteiger partial charge is 0.243 e. The second kappa shape index (κ2) is 7.54. The molecule has 20 heavy (non-hydrogen) atoms. The molecule has 0 amide bonds. The Morgan fingerprint density at radius 1 is 1.15 bits per heavy atom. The maximum atomic E-state index is 12.1. The average molecular weight is 300 g/mol. The third-order valence-electron chi connectivity index (χ3n) is 2.81. The van der Waals surface area contributed by atoms with Crippen molar-refractivity contribution >= 4 is 16.0 Å². The largest absolute Gasteiger partial charge is 0.355 e. The summed E-state index contributed by atoms with van der Waals surface area (Å²) in [6.07, 6.45) is 4.44. The van der Waals surface area contributed by atoms with Gasteiger partial charge in [0.05, 0.1) is 12.4 Å². The maximum absolute atomic E-state index is 12.1. The highest BCUT2D eigenvalue weighted by atomic mass is 32.2. The summed E-state index contributed by atoms with van der Waals surface area (Å²) in [5.74, 6) is 0.990. The SMILES string of the molecule is CCNc1ncc(S(=O)(=O)NC(C)CCC(C)C)cn1. The van der Waals surface area contributed by atoms with E-state index in [9.17, 15) is 8.42 Å². The number of aromatic nitrogens is 2. The van der Waals surface area contributed by atoms with Gasteiger partial charge in [-0.25, -0.2) is 23.1 Å². The molecule has 0 fully saturated rings. The zero-order valence-corrected chi connectivity index (χ0v) is 13.4. The molecule has 0 saturated carbocycles. The van der Waals surface area contributed by atoms with E-state index in [-0.39, 0.29) is 10.9 Å². The molecule has 1 aromatic heterocycles. The fraction of sp³-hybridized carbons (Fsp3) is 0.692. The Morgan fingerprint density at radius 2 is 1.75 bits per heavy atom. The van der Waals surface area contributed by atoms with Crippen LogP contribution in [0.25, 0.3) is 0 Å². The molecule has 0 aromatic carbocycles. The van der Waals surface area contributed by atoms with Gasteiger partial charge in [-0.05, 0) is 32.6 Å². The number of nitrogens with zero attached hydrogens (tertiary/aromatic N) is 2. The van der Waals surface area contributed by atoms with E-state index in [2.05, 4.69) is 33.9 Å². The molecule has 1 aromatic rings. The van der Waals surface area contributed by atoms with Crippen LogP contribution in [-0.2, 0) is 10.0 Å². The minimum atomic E-state index is -3.54. The van der Waals surface area contributed by atoms with Gasteiger partial charge in [-0.2, -0.15) is 0 Å². The van der Waals surface area contributed by atoms with E-state index in [0.717, 1.165) is 12.8 Å². The lowest BCUT2D eigenvalue weighted by Crippen LogP contribution is -2.33. The normalized spacial score (nSPS) is 13.4. The Labute approximate surface area is 121 Å². The van der Waals surface area contributed by atoms with Crippen LogP contribution in [0.2, 0.25) is 0 Å². The van der Waals surface area contributed by atoms with E-state index in [1.807, 2.05) is 13.8 Å². The Morgan fingerprint density at radius 3 is 2.25 bits per heavy atom. The molecule has 114 valence electrons. The Balaban J connectivity index is 2.68. The van der Waals surface area contributed by atoms with Crippen molar-refractivity contribution < 1.29 is 8.42 Å². The minimum absolute atomic E-state index is 0.0931. The van der Waals surface area contributed by atoms with Gasteiger partial charge in [-0.1, -0.05) is 13.8 Å². The lowest BCUT2D eigenvalue weighted by Gasteiger charge is -2.15. The van der Waals surface area contributed by atoms with E-state index in [1.54, 1.807) is 0 Å². The second-order valence-electron chi connectivity index (χ2n) is 5.27. The first-order valence-corrected chi connectivity index (χ1v) is 8.41. The highest BCUT2D eigenvalue weighted by Crippen LogP contribution is 2.11. The van der Waals surface area contributed by atoms with Gasteiger partial charge in [0.2, 0.25) is 16.0 Å². The molecule has 6 nitrogen and oxygen atoms in total. The number of anilines is 1. The summed E-state index contributed by atoms with van der Waals surface area (Å²) in [5.41, 5.74) is 0. The van der Waals surface area contributed by atoms with Crippen molar-refractivity contribution in [3.05, 3.63) is 12.4 Å². The number of rotatable bonds is 8. The highest BCUT2D eigenvalue weighted by Gasteiger charge is 2.18. The molecule has 1 unspecified atom stereocenters. The van der Waals surface area contributed by atoms with Crippen molar-refractivity contribution in [1.29, 1.82) is 0 Å². The molecule has 0 spiro atoms. The topological polar surface area (TPSA) is 84.0 Å². The van der Waals surface area contributed by atoms with Gasteiger partial charge in [0.1, 0.15) is 4.90 Å². The van der Waals surface area contributed by atoms with E-state index in [0.29, 0.717) is 18.4 Å². The average Bonchev–Trinajstić information content (AvgIpc) is 2.37. The van der Waals surface area contributed by atoms with E-state index >= 15 is 0 Å². The van der Waals surface area contributed by atoms with Crippen LogP contribution in [0.5, 0.6) is 0 Å². The minimum Gasteiger partial charge on any atom is -0.355 e. The molecule has 1 rings (SSSR count). The van der Waals surface area contributed by atoms with Gasteiger partial charge in [0.25, 0.3) is 0 Å². The summed E-state index contributed by atoms with van der Waals surface area (Å²) >= 11 is 0. The quantitative estimate of drug-likeness (QED) is 0.767. The van der Waals surface area contributed by atoms with Gasteiger partial charge < -0.3 is 5.32 Å². The van der Waals surface area contributed by atoms with E-state index in [4.69, 9.17) is 0 Å². The van der Waals surface area contributed by atoms with Crippen molar-refractivity contribution in [2.75, 3.05) is 11.9 Å². The molecular weight excluding hydrogens is 276 g/mol. The van der Waals surface area contributed by atoms with Crippen molar-refractivity contribution in [2.24, 2.45) is 5.92 Å². The van der Waals surface area contributed by atoms with Gasteiger partial charge in [0, 0.05) is 12.6 Å². The fourth-order valence-electron chi connectivity index (χ4n) is 1.68. The monoisotopic (exact) mass is 300 g/mol. The zero-order chi connectivity index (χ0) is 15.2. The molecule has 0 aliphatic carbocycles. The van der Waals surface area contributed by atoms with Gasteiger partial charge in [-0.3, -0.25) is 0 Å². The first-order valence-electron chi connectivity index (χ1n) is 6.93. The maximum Gasteiger partial charge on any atom is 0.243 e. The van der Waals surface area contributed by atoms with Crippen LogP contribution in [0.4, 0.5) is 5.95 Å². The predicted molar refractivity (Wildman–Crippen MR) is 80.1 cm³/mol. The molecule has 0 bridgehead atoms. The summed E-state index contributed by atoms with van der Waals surface area (Å²) < 4.78 is 26.9. The molecule has 0 saturated heterocycles. The Kier molecular flexibility index (Phi) is 6.35. The van der Waals surface area contributed by atoms with Gasteiger partial charge in [-0.15, -0.1) is 0 Å². The van der Waals surface area contributed by atoms with Crippen molar-refractivity contribution in [2.45, 2.75) is 51.5 Å². The fourth-order valence-corrected chi connectivity index (χ4v) is 2.85. The predicted octanol–water partition coefficient (Wildman–Crippen LogP) is 2.01. The lowest BCUT2D eigenvalue weighted by atomic mass is 10.1. The summed E-state index contributed by atoms with van der Waals surface area (Å²) in [6.45, 7) is 8.72. The second-order valence-corrected chi connectivity index (χ2v) is 6.98. The third-order valence-corrected chi connectivity index (χ3v) is 4.35. The van der Waals surface area contributed by atoms with Crippen LogP contribution in [0.15, 0.2) is 17.3 Å². The zero-order valence-electron chi connectivity index (χ0n) is 12.5. The molecule has 0 aliphatic rings. The summed E-state index contributed by atoms with van der Waals surface area (Å²) in [5, 5.41) is 2.92.